The van der Waals surface area contributed by atoms with Crippen LogP contribution in [0, 0.1) is 0 Å². The highest BCUT2D eigenvalue weighted by Crippen LogP contribution is 2.16. The molecule has 0 saturated heterocycles. The fourth-order valence-corrected chi connectivity index (χ4v) is 4.26. The lowest BCUT2D eigenvalue weighted by atomic mass is 10.2. The summed E-state index contributed by atoms with van der Waals surface area (Å²) in [6, 6.07) is 14.2. The molecule has 4 amide bonds. The molecule has 0 aliphatic rings. The fraction of sp³-hybridized carbons (Fsp3) is 0.286. The highest BCUT2D eigenvalue weighted by atomic mass is 32.2. The summed E-state index contributed by atoms with van der Waals surface area (Å²) in [5.41, 5.74) is 5.34. The fourth-order valence-electron chi connectivity index (χ4n) is 2.75. The van der Waals surface area contributed by atoms with Crippen molar-refractivity contribution in [2.24, 2.45) is 0 Å². The lowest BCUT2D eigenvalue weighted by molar-refractivity contribution is -0.120. The number of carbonyl (C=O) groups excluding carboxylic acids is 3. The van der Waals surface area contributed by atoms with E-state index in [2.05, 4.69) is 21.5 Å². The average Bonchev–Trinajstić information content (AvgIpc) is 2.81. The molecule has 0 aliphatic heterocycles. The number of hydrogen-bond acceptors (Lipinski definition) is 5. The van der Waals surface area contributed by atoms with Crippen LogP contribution in [0.2, 0.25) is 0 Å². The third-order valence-electron chi connectivity index (χ3n) is 4.46. The predicted molar refractivity (Wildman–Crippen MR) is 119 cm³/mol. The van der Waals surface area contributed by atoms with Crippen molar-refractivity contribution < 1.29 is 22.8 Å². The first-order chi connectivity index (χ1) is 15.3. The Kier molecular flexibility index (Phi) is 9.17. The minimum Gasteiger partial charge on any atom is -0.334 e. The van der Waals surface area contributed by atoms with E-state index in [-0.39, 0.29) is 17.0 Å². The van der Waals surface area contributed by atoms with Gasteiger partial charge in [0.05, 0.1) is 4.90 Å². The number of amides is 4. The predicted octanol–water partition coefficient (Wildman–Crippen LogP) is 0.978. The van der Waals surface area contributed by atoms with Crippen molar-refractivity contribution in [1.29, 1.82) is 0 Å². The van der Waals surface area contributed by atoms with E-state index in [1.807, 2.05) is 30.3 Å². The number of rotatable bonds is 9. The van der Waals surface area contributed by atoms with Gasteiger partial charge in [-0.15, -0.1) is 0 Å². The Morgan fingerprint density at radius 2 is 1.56 bits per heavy atom. The van der Waals surface area contributed by atoms with Crippen molar-refractivity contribution in [2.75, 3.05) is 19.6 Å². The van der Waals surface area contributed by atoms with Gasteiger partial charge in [-0.2, -0.15) is 4.31 Å². The Bertz CT molecular complexity index is 1040. The maximum absolute atomic E-state index is 12.6. The minimum atomic E-state index is -3.72. The van der Waals surface area contributed by atoms with Crippen molar-refractivity contribution in [3.05, 3.63) is 65.7 Å². The van der Waals surface area contributed by atoms with Crippen LogP contribution in [-0.2, 0) is 21.4 Å². The number of nitrogens with one attached hydrogen (secondary N) is 4. The summed E-state index contributed by atoms with van der Waals surface area (Å²) >= 11 is 0. The van der Waals surface area contributed by atoms with Gasteiger partial charge in [0.1, 0.15) is 6.54 Å². The van der Waals surface area contributed by atoms with Crippen LogP contribution in [0.3, 0.4) is 0 Å². The molecule has 0 radical (unpaired) electrons. The zero-order valence-electron chi connectivity index (χ0n) is 17.9. The summed E-state index contributed by atoms with van der Waals surface area (Å²) < 4.78 is 26.5. The highest BCUT2D eigenvalue weighted by Gasteiger charge is 2.22. The van der Waals surface area contributed by atoms with Crippen molar-refractivity contribution in [1.82, 2.24) is 25.8 Å². The quantitative estimate of drug-likeness (QED) is 0.413. The van der Waals surface area contributed by atoms with E-state index < -0.39 is 27.9 Å². The zero-order chi connectivity index (χ0) is 23.6. The first-order valence-corrected chi connectivity index (χ1v) is 11.5. The van der Waals surface area contributed by atoms with E-state index in [0.29, 0.717) is 19.6 Å². The topological polar surface area (TPSA) is 137 Å². The van der Waals surface area contributed by atoms with E-state index in [1.165, 1.54) is 28.6 Å². The van der Waals surface area contributed by atoms with Gasteiger partial charge >= 0.3 is 6.03 Å². The molecule has 10 nitrogen and oxygen atoms in total. The molecular weight excluding hydrogens is 434 g/mol. The maximum atomic E-state index is 12.6. The van der Waals surface area contributed by atoms with Crippen LogP contribution in [0.15, 0.2) is 59.5 Å². The number of carbonyl (C=O) groups is 3. The number of hydrogen-bond donors (Lipinski definition) is 4. The van der Waals surface area contributed by atoms with Gasteiger partial charge in [0, 0.05) is 25.2 Å². The zero-order valence-corrected chi connectivity index (χ0v) is 18.7. The molecule has 2 aromatic rings. The van der Waals surface area contributed by atoms with Crippen LogP contribution in [0.4, 0.5) is 4.79 Å². The van der Waals surface area contributed by atoms with Crippen LogP contribution < -0.4 is 21.5 Å². The molecule has 2 aromatic carbocycles. The van der Waals surface area contributed by atoms with Gasteiger partial charge in [0.15, 0.2) is 0 Å². The van der Waals surface area contributed by atoms with Gasteiger partial charge in [0.2, 0.25) is 10.0 Å². The summed E-state index contributed by atoms with van der Waals surface area (Å²) in [5, 5.41) is 4.98. The van der Waals surface area contributed by atoms with Gasteiger partial charge in [-0.3, -0.25) is 20.4 Å². The highest BCUT2D eigenvalue weighted by molar-refractivity contribution is 7.89. The van der Waals surface area contributed by atoms with Crippen LogP contribution in [-0.4, -0.2) is 50.2 Å². The smallest absolute Gasteiger partial charge is 0.315 e. The second kappa shape index (κ2) is 11.8. The standard InChI is InChI=1S/C21H27N5O5S/c1-3-26(4-2)32(30,31)18-12-8-11-17(13-18)20(28)25-24-19(27)15-23-21(29)22-14-16-9-6-5-7-10-16/h5-13H,3-4,14-15H2,1-2H3,(H,24,27)(H,25,28)(H2,22,23,29). The molecule has 0 spiro atoms. The molecule has 2 rings (SSSR count). The molecule has 0 heterocycles. The molecule has 0 saturated carbocycles. The third-order valence-corrected chi connectivity index (χ3v) is 6.51. The van der Waals surface area contributed by atoms with Crippen LogP contribution >= 0.6 is 0 Å². The molecule has 0 aromatic heterocycles. The van der Waals surface area contributed by atoms with Gasteiger partial charge in [0.25, 0.3) is 11.8 Å². The Morgan fingerprint density at radius 1 is 0.875 bits per heavy atom. The van der Waals surface area contributed by atoms with Crippen LogP contribution in [0.5, 0.6) is 0 Å². The first-order valence-electron chi connectivity index (χ1n) is 10.0. The molecular formula is C21H27N5O5S. The molecule has 172 valence electrons. The van der Waals surface area contributed by atoms with Crippen LogP contribution in [0.1, 0.15) is 29.8 Å². The van der Waals surface area contributed by atoms with Crippen molar-refractivity contribution >= 4 is 27.9 Å². The summed E-state index contributed by atoms with van der Waals surface area (Å²) in [6.45, 7) is 4.00. The summed E-state index contributed by atoms with van der Waals surface area (Å²) in [6.07, 6.45) is 0. The van der Waals surface area contributed by atoms with E-state index in [0.717, 1.165) is 5.56 Å². The molecule has 0 fully saturated rings. The Balaban J connectivity index is 1.83. The van der Waals surface area contributed by atoms with Crippen molar-refractivity contribution in [3.63, 3.8) is 0 Å². The first kappa shape index (κ1) is 24.8. The monoisotopic (exact) mass is 461 g/mol. The molecule has 0 atom stereocenters. The number of benzene rings is 2. The van der Waals surface area contributed by atoms with Gasteiger partial charge in [-0.25, -0.2) is 13.2 Å². The molecule has 0 unspecified atom stereocenters. The van der Waals surface area contributed by atoms with E-state index in [1.54, 1.807) is 13.8 Å². The summed E-state index contributed by atoms with van der Waals surface area (Å²) in [5.74, 6) is -1.34. The Morgan fingerprint density at radius 3 is 2.22 bits per heavy atom. The Hall–Kier alpha value is -3.44. The molecule has 0 bridgehead atoms. The average molecular weight is 462 g/mol. The number of urea groups is 1. The van der Waals surface area contributed by atoms with Gasteiger partial charge in [-0.1, -0.05) is 50.2 Å². The number of hydrazine groups is 1. The maximum Gasteiger partial charge on any atom is 0.315 e. The van der Waals surface area contributed by atoms with Crippen molar-refractivity contribution in [2.45, 2.75) is 25.3 Å². The van der Waals surface area contributed by atoms with E-state index >= 15 is 0 Å². The van der Waals surface area contributed by atoms with E-state index in [4.69, 9.17) is 0 Å². The largest absolute Gasteiger partial charge is 0.334 e. The van der Waals surface area contributed by atoms with E-state index in [9.17, 15) is 22.8 Å². The lowest BCUT2D eigenvalue weighted by Crippen LogP contribution is -2.47. The molecule has 32 heavy (non-hydrogen) atoms. The molecule has 4 N–H and O–H groups in total. The van der Waals surface area contributed by atoms with Crippen molar-refractivity contribution in [3.8, 4) is 0 Å². The second-order valence-corrected chi connectivity index (χ2v) is 8.58. The Labute approximate surface area is 187 Å². The molecule has 0 aliphatic carbocycles. The second-order valence-electron chi connectivity index (χ2n) is 6.64. The lowest BCUT2D eigenvalue weighted by Gasteiger charge is -2.18. The SMILES string of the molecule is CCN(CC)S(=O)(=O)c1cccc(C(=O)NNC(=O)CNC(=O)NCc2ccccc2)c1. The van der Waals surface area contributed by atoms with Gasteiger partial charge in [-0.05, 0) is 23.8 Å². The normalized spacial score (nSPS) is 11.0. The minimum absolute atomic E-state index is 0.0167. The van der Waals surface area contributed by atoms with Gasteiger partial charge < -0.3 is 10.6 Å². The summed E-state index contributed by atoms with van der Waals surface area (Å²) in [4.78, 5) is 35.9. The number of sulfonamides is 1. The molecule has 11 heteroatoms. The summed E-state index contributed by atoms with van der Waals surface area (Å²) in [7, 11) is -3.72. The van der Waals surface area contributed by atoms with Crippen LogP contribution in [0.25, 0.3) is 0 Å². The third kappa shape index (κ3) is 7.06. The number of nitrogens with zero attached hydrogens (tertiary/aromatic N) is 1.